The Morgan fingerprint density at radius 1 is 1.15 bits per heavy atom. The standard InChI is InChI=1S/C25H22N2O5S/c1-14(2)31-18-11-10-15(13-19(18)30-3)22-21(23(28)20-9-6-12-33-20)25(32-27-22)16-7-4-5-8-17(16)26-24(25)29/h4-14,21H,1-3H3,(H,26,29). The van der Waals surface area contributed by atoms with Gasteiger partial charge in [0.1, 0.15) is 11.6 Å². The minimum atomic E-state index is -1.58. The fourth-order valence-electron chi connectivity index (χ4n) is 4.32. The van der Waals surface area contributed by atoms with Crippen molar-refractivity contribution in [2.24, 2.45) is 11.1 Å². The lowest BCUT2D eigenvalue weighted by Gasteiger charge is -2.26. The Morgan fingerprint density at radius 2 is 1.97 bits per heavy atom. The van der Waals surface area contributed by atoms with E-state index in [1.54, 1.807) is 49.6 Å². The highest BCUT2D eigenvalue weighted by atomic mass is 32.1. The molecular formula is C25H22N2O5S. The van der Waals surface area contributed by atoms with E-state index < -0.39 is 17.4 Å². The Balaban J connectivity index is 1.64. The van der Waals surface area contributed by atoms with E-state index in [2.05, 4.69) is 10.5 Å². The number of Topliss-reactive ketones (excluding diaryl/α,β-unsaturated/α-hetero) is 1. The number of para-hydroxylation sites is 1. The maximum absolute atomic E-state index is 13.8. The second-order valence-corrected chi connectivity index (χ2v) is 9.06. The van der Waals surface area contributed by atoms with Gasteiger partial charge in [-0.15, -0.1) is 11.3 Å². The van der Waals surface area contributed by atoms with Crippen LogP contribution in [0.25, 0.3) is 0 Å². The summed E-state index contributed by atoms with van der Waals surface area (Å²) in [6.45, 7) is 3.86. The number of thiophene rings is 1. The molecule has 0 saturated carbocycles. The average Bonchev–Trinajstić information content (AvgIpc) is 3.53. The van der Waals surface area contributed by atoms with Crippen LogP contribution < -0.4 is 14.8 Å². The van der Waals surface area contributed by atoms with Crippen molar-refractivity contribution in [3.8, 4) is 11.5 Å². The maximum atomic E-state index is 13.8. The highest BCUT2D eigenvalue weighted by molar-refractivity contribution is 7.12. The third-order valence-corrected chi connectivity index (χ3v) is 6.61. The Morgan fingerprint density at radius 3 is 2.70 bits per heavy atom. The van der Waals surface area contributed by atoms with E-state index in [-0.39, 0.29) is 11.9 Å². The number of nitrogens with zero attached hydrogens (tertiary/aromatic N) is 1. The molecule has 2 aliphatic rings. The van der Waals surface area contributed by atoms with Crippen LogP contribution in [0.15, 0.2) is 65.1 Å². The third-order valence-electron chi connectivity index (χ3n) is 5.73. The number of ketones is 1. The van der Waals surface area contributed by atoms with Crippen LogP contribution in [-0.4, -0.2) is 30.6 Å². The molecule has 0 fully saturated rings. The van der Waals surface area contributed by atoms with Gasteiger partial charge in [0.15, 0.2) is 17.3 Å². The number of hydrogen-bond donors (Lipinski definition) is 1. The average molecular weight is 463 g/mol. The van der Waals surface area contributed by atoms with Gasteiger partial charge in [0.05, 0.1) is 18.1 Å². The van der Waals surface area contributed by atoms with Gasteiger partial charge in [0, 0.05) is 16.8 Å². The van der Waals surface area contributed by atoms with Crippen LogP contribution in [-0.2, 0) is 15.2 Å². The zero-order chi connectivity index (χ0) is 23.2. The van der Waals surface area contributed by atoms with Gasteiger partial charge >= 0.3 is 0 Å². The van der Waals surface area contributed by atoms with Crippen molar-refractivity contribution in [1.29, 1.82) is 0 Å². The van der Waals surface area contributed by atoms with Crippen molar-refractivity contribution in [1.82, 2.24) is 0 Å². The number of oxime groups is 1. The molecular weight excluding hydrogens is 440 g/mol. The zero-order valence-corrected chi connectivity index (χ0v) is 19.1. The molecule has 1 aromatic heterocycles. The summed E-state index contributed by atoms with van der Waals surface area (Å²) < 4.78 is 11.3. The molecule has 2 aromatic carbocycles. The molecule has 2 atom stereocenters. The largest absolute Gasteiger partial charge is 0.493 e. The number of carbonyl (C=O) groups is 2. The molecule has 2 aliphatic heterocycles. The topological polar surface area (TPSA) is 86.2 Å². The number of carbonyl (C=O) groups excluding carboxylic acids is 2. The third kappa shape index (κ3) is 3.29. The van der Waals surface area contributed by atoms with E-state index in [4.69, 9.17) is 14.3 Å². The highest BCUT2D eigenvalue weighted by Crippen LogP contribution is 2.50. The van der Waals surface area contributed by atoms with Gasteiger partial charge < -0.3 is 19.6 Å². The van der Waals surface area contributed by atoms with Crippen molar-refractivity contribution in [3.05, 3.63) is 76.0 Å². The Bertz CT molecular complexity index is 1270. The number of anilines is 1. The van der Waals surface area contributed by atoms with E-state index in [1.807, 2.05) is 31.4 Å². The van der Waals surface area contributed by atoms with E-state index in [9.17, 15) is 9.59 Å². The van der Waals surface area contributed by atoms with Crippen LogP contribution in [0.1, 0.15) is 34.6 Å². The fourth-order valence-corrected chi connectivity index (χ4v) is 5.01. The van der Waals surface area contributed by atoms with E-state index in [0.29, 0.717) is 38.9 Å². The molecule has 3 heterocycles. The molecule has 0 aliphatic carbocycles. The van der Waals surface area contributed by atoms with Crippen LogP contribution in [0.4, 0.5) is 5.69 Å². The normalized spacial score (nSPS) is 20.9. The molecule has 1 N–H and O–H groups in total. The molecule has 2 unspecified atom stereocenters. The smallest absolute Gasteiger partial charge is 0.277 e. The second kappa shape index (κ2) is 8.04. The van der Waals surface area contributed by atoms with Crippen LogP contribution in [0.2, 0.25) is 0 Å². The van der Waals surface area contributed by atoms with Gasteiger partial charge in [-0.1, -0.05) is 29.4 Å². The summed E-state index contributed by atoms with van der Waals surface area (Å²) in [4.78, 5) is 33.5. The Labute approximate surface area is 195 Å². The molecule has 7 nitrogen and oxygen atoms in total. The molecule has 168 valence electrons. The quantitative estimate of drug-likeness (QED) is 0.540. The maximum Gasteiger partial charge on any atom is 0.277 e. The van der Waals surface area contributed by atoms with Gasteiger partial charge in [-0.25, -0.2) is 0 Å². The number of hydrogen-bond acceptors (Lipinski definition) is 7. The first-order valence-corrected chi connectivity index (χ1v) is 11.4. The molecule has 0 saturated heterocycles. The van der Waals surface area contributed by atoms with Crippen LogP contribution in [0.5, 0.6) is 11.5 Å². The number of methoxy groups -OCH3 is 1. The lowest BCUT2D eigenvalue weighted by molar-refractivity contribution is -0.140. The van der Waals surface area contributed by atoms with Crippen LogP contribution in [0.3, 0.4) is 0 Å². The fraction of sp³-hybridized carbons (Fsp3) is 0.240. The van der Waals surface area contributed by atoms with Gasteiger partial charge in [-0.2, -0.15) is 0 Å². The SMILES string of the molecule is COc1cc(C2=NOC3(C(=O)Nc4ccccc43)C2C(=O)c2cccs2)ccc1OC(C)C. The molecule has 0 bridgehead atoms. The highest BCUT2D eigenvalue weighted by Gasteiger charge is 2.63. The van der Waals surface area contributed by atoms with Crippen LogP contribution >= 0.6 is 11.3 Å². The summed E-state index contributed by atoms with van der Waals surface area (Å²) in [7, 11) is 1.55. The number of ether oxygens (including phenoxy) is 2. The summed E-state index contributed by atoms with van der Waals surface area (Å²) in [5, 5.41) is 9.00. The lowest BCUT2D eigenvalue weighted by atomic mass is 9.75. The molecule has 3 aromatic rings. The van der Waals surface area contributed by atoms with Gasteiger partial charge in [0.2, 0.25) is 0 Å². The minimum Gasteiger partial charge on any atom is -0.493 e. The second-order valence-electron chi connectivity index (χ2n) is 8.11. The Kier molecular flexibility index (Phi) is 5.17. The summed E-state index contributed by atoms with van der Waals surface area (Å²) >= 11 is 1.32. The first-order valence-electron chi connectivity index (χ1n) is 10.6. The monoisotopic (exact) mass is 462 g/mol. The van der Waals surface area contributed by atoms with Crippen LogP contribution in [0, 0.1) is 5.92 Å². The molecule has 5 rings (SSSR count). The van der Waals surface area contributed by atoms with Crippen molar-refractivity contribution >= 4 is 34.4 Å². The number of amides is 1. The zero-order valence-electron chi connectivity index (χ0n) is 18.3. The number of rotatable bonds is 6. The van der Waals surface area contributed by atoms with Gasteiger partial charge in [-0.3, -0.25) is 9.59 Å². The predicted molar refractivity (Wildman–Crippen MR) is 125 cm³/mol. The molecule has 1 spiro atoms. The Hall–Kier alpha value is -3.65. The lowest BCUT2D eigenvalue weighted by Crippen LogP contribution is -2.46. The molecule has 33 heavy (non-hydrogen) atoms. The van der Waals surface area contributed by atoms with Gasteiger partial charge in [0.25, 0.3) is 11.5 Å². The number of benzene rings is 2. The summed E-state index contributed by atoms with van der Waals surface area (Å²) in [5.41, 5.74) is 0.617. The van der Waals surface area contributed by atoms with E-state index >= 15 is 0 Å². The van der Waals surface area contributed by atoms with E-state index in [0.717, 1.165) is 0 Å². The summed E-state index contributed by atoms with van der Waals surface area (Å²) in [6, 6.07) is 16.1. The van der Waals surface area contributed by atoms with Crippen molar-refractivity contribution < 1.29 is 23.9 Å². The first-order chi connectivity index (χ1) is 16.0. The minimum absolute atomic E-state index is 0.0352. The summed E-state index contributed by atoms with van der Waals surface area (Å²) in [5.74, 6) is -0.529. The van der Waals surface area contributed by atoms with Gasteiger partial charge in [-0.05, 0) is 49.6 Å². The number of fused-ring (bicyclic) bond motifs is 2. The first kappa shape index (κ1) is 21.2. The molecule has 8 heteroatoms. The van der Waals surface area contributed by atoms with Crippen molar-refractivity contribution in [3.63, 3.8) is 0 Å². The van der Waals surface area contributed by atoms with E-state index in [1.165, 1.54) is 11.3 Å². The number of nitrogens with one attached hydrogen (secondary N) is 1. The molecule has 1 amide bonds. The van der Waals surface area contributed by atoms with Crippen molar-refractivity contribution in [2.75, 3.05) is 12.4 Å². The summed E-state index contributed by atoms with van der Waals surface area (Å²) in [6.07, 6.45) is -0.0352. The predicted octanol–water partition coefficient (Wildman–Crippen LogP) is 4.62. The van der Waals surface area contributed by atoms with Crippen molar-refractivity contribution in [2.45, 2.75) is 25.6 Å². The molecule has 0 radical (unpaired) electrons.